The smallest absolute Gasteiger partial charge is 0.251 e. The highest BCUT2D eigenvalue weighted by Crippen LogP contribution is 2.46. The summed E-state index contributed by atoms with van der Waals surface area (Å²) in [7, 11) is 1.66. The van der Waals surface area contributed by atoms with Crippen molar-refractivity contribution >= 4 is 5.91 Å². The molecule has 1 saturated carbocycles. The van der Waals surface area contributed by atoms with Crippen molar-refractivity contribution in [1.29, 1.82) is 0 Å². The normalized spacial score (nSPS) is 15.2. The second kappa shape index (κ2) is 5.48. The lowest BCUT2D eigenvalue weighted by atomic mass is 10.0. The molecule has 1 aliphatic carbocycles. The molecule has 0 spiro atoms. The van der Waals surface area contributed by atoms with Gasteiger partial charge in [-0.15, -0.1) is 0 Å². The minimum Gasteiger partial charge on any atom is -0.497 e. The lowest BCUT2D eigenvalue weighted by Crippen LogP contribution is -2.34. The molecule has 0 aromatic heterocycles. The molecule has 3 heteroatoms. The number of carbonyl (C=O) groups excluding carboxylic acids is 1. The van der Waals surface area contributed by atoms with Gasteiger partial charge in [-0.1, -0.05) is 18.2 Å². The predicted octanol–water partition coefficient (Wildman–Crippen LogP) is 3.73. The summed E-state index contributed by atoms with van der Waals surface area (Å²) in [6, 6.07) is 13.8. The van der Waals surface area contributed by atoms with Gasteiger partial charge in [-0.3, -0.25) is 4.79 Å². The highest BCUT2D eigenvalue weighted by molar-refractivity contribution is 5.95. The van der Waals surface area contributed by atoms with E-state index in [1.807, 2.05) is 49.4 Å². The summed E-state index contributed by atoms with van der Waals surface area (Å²) >= 11 is 0. The van der Waals surface area contributed by atoms with Crippen LogP contribution in [0.2, 0.25) is 0 Å². The zero-order valence-electron chi connectivity index (χ0n) is 13.3. The minimum atomic E-state index is -0.206. The summed E-state index contributed by atoms with van der Waals surface area (Å²) in [4.78, 5) is 12.5. The van der Waals surface area contributed by atoms with Crippen molar-refractivity contribution in [3.05, 3.63) is 64.7 Å². The standard InChI is InChI=1S/C19H21NO2/c1-13-4-5-15(12-14(13)2)18(21)20-19(10-11-19)16-6-8-17(22-3)9-7-16/h4-9,12H,10-11H2,1-3H3,(H,20,21). The maximum atomic E-state index is 12.5. The van der Waals surface area contributed by atoms with E-state index in [1.165, 1.54) is 5.56 Å². The van der Waals surface area contributed by atoms with Crippen LogP contribution in [0.15, 0.2) is 42.5 Å². The average molecular weight is 295 g/mol. The van der Waals surface area contributed by atoms with Crippen molar-refractivity contribution in [2.75, 3.05) is 7.11 Å². The van der Waals surface area contributed by atoms with E-state index in [0.29, 0.717) is 0 Å². The summed E-state index contributed by atoms with van der Waals surface area (Å²) < 4.78 is 5.19. The number of hydrogen-bond acceptors (Lipinski definition) is 2. The Labute approximate surface area is 131 Å². The molecule has 3 nitrogen and oxygen atoms in total. The fourth-order valence-electron chi connectivity index (χ4n) is 2.69. The first-order chi connectivity index (χ1) is 10.5. The SMILES string of the molecule is COc1ccc(C2(NC(=O)c3ccc(C)c(C)c3)CC2)cc1. The second-order valence-electron chi connectivity index (χ2n) is 6.06. The van der Waals surface area contributed by atoms with Crippen molar-refractivity contribution in [3.63, 3.8) is 0 Å². The van der Waals surface area contributed by atoms with Gasteiger partial charge in [0.15, 0.2) is 0 Å². The number of benzene rings is 2. The predicted molar refractivity (Wildman–Crippen MR) is 87.3 cm³/mol. The van der Waals surface area contributed by atoms with Crippen LogP contribution in [0, 0.1) is 13.8 Å². The van der Waals surface area contributed by atoms with Crippen molar-refractivity contribution in [3.8, 4) is 5.75 Å². The molecule has 0 bridgehead atoms. The second-order valence-corrected chi connectivity index (χ2v) is 6.06. The van der Waals surface area contributed by atoms with Gasteiger partial charge in [-0.25, -0.2) is 0 Å². The third-order valence-electron chi connectivity index (χ3n) is 4.51. The summed E-state index contributed by atoms with van der Waals surface area (Å²) in [5.74, 6) is 0.830. The van der Waals surface area contributed by atoms with Crippen molar-refractivity contribution in [2.24, 2.45) is 0 Å². The molecule has 0 unspecified atom stereocenters. The molecule has 1 aliphatic rings. The Morgan fingerprint density at radius 3 is 2.27 bits per heavy atom. The number of amides is 1. The van der Waals surface area contributed by atoms with Gasteiger partial charge in [0.2, 0.25) is 0 Å². The lowest BCUT2D eigenvalue weighted by molar-refractivity contribution is 0.0930. The van der Waals surface area contributed by atoms with Crippen molar-refractivity contribution in [2.45, 2.75) is 32.2 Å². The molecule has 1 amide bonds. The van der Waals surface area contributed by atoms with E-state index in [9.17, 15) is 4.79 Å². The number of aryl methyl sites for hydroxylation is 2. The Kier molecular flexibility index (Phi) is 3.65. The number of ether oxygens (including phenoxy) is 1. The van der Waals surface area contributed by atoms with Gasteiger partial charge in [-0.05, 0) is 67.6 Å². The maximum absolute atomic E-state index is 12.5. The van der Waals surface area contributed by atoms with Crippen LogP contribution in [0.1, 0.15) is 39.9 Å². The van der Waals surface area contributed by atoms with Crippen LogP contribution in [0.3, 0.4) is 0 Å². The first-order valence-electron chi connectivity index (χ1n) is 7.58. The van der Waals surface area contributed by atoms with Gasteiger partial charge in [0.05, 0.1) is 12.6 Å². The van der Waals surface area contributed by atoms with Crippen LogP contribution in [0.4, 0.5) is 0 Å². The van der Waals surface area contributed by atoms with Crippen LogP contribution in [0.25, 0.3) is 0 Å². The third-order valence-corrected chi connectivity index (χ3v) is 4.51. The Hall–Kier alpha value is -2.29. The molecule has 0 saturated heterocycles. The van der Waals surface area contributed by atoms with Crippen LogP contribution in [0.5, 0.6) is 5.75 Å². The van der Waals surface area contributed by atoms with E-state index in [-0.39, 0.29) is 11.4 Å². The molecule has 2 aromatic carbocycles. The van der Waals surface area contributed by atoms with Crippen molar-refractivity contribution < 1.29 is 9.53 Å². The van der Waals surface area contributed by atoms with Gasteiger partial charge in [0, 0.05) is 5.56 Å². The Morgan fingerprint density at radius 1 is 1.05 bits per heavy atom. The molecule has 2 aromatic rings. The highest BCUT2D eigenvalue weighted by Gasteiger charge is 2.45. The average Bonchev–Trinajstić information content (AvgIpc) is 3.31. The minimum absolute atomic E-state index is 0.00332. The first-order valence-corrected chi connectivity index (χ1v) is 7.58. The van der Waals surface area contributed by atoms with Gasteiger partial charge < -0.3 is 10.1 Å². The molecule has 0 atom stereocenters. The fourth-order valence-corrected chi connectivity index (χ4v) is 2.69. The number of hydrogen-bond donors (Lipinski definition) is 1. The van der Waals surface area contributed by atoms with E-state index in [4.69, 9.17) is 4.74 Å². The molecule has 1 N–H and O–H groups in total. The monoisotopic (exact) mass is 295 g/mol. The molecule has 3 rings (SSSR count). The van der Waals surface area contributed by atoms with Gasteiger partial charge in [0.1, 0.15) is 5.75 Å². The molecule has 114 valence electrons. The van der Waals surface area contributed by atoms with E-state index >= 15 is 0 Å². The molecular weight excluding hydrogens is 274 g/mol. The summed E-state index contributed by atoms with van der Waals surface area (Å²) in [5.41, 5.74) is 4.01. The number of nitrogens with one attached hydrogen (secondary N) is 1. The molecule has 22 heavy (non-hydrogen) atoms. The van der Waals surface area contributed by atoms with Crippen LogP contribution in [-0.2, 0) is 5.54 Å². The fraction of sp³-hybridized carbons (Fsp3) is 0.316. The first kappa shape index (κ1) is 14.6. The van der Waals surface area contributed by atoms with E-state index in [1.54, 1.807) is 7.11 Å². The van der Waals surface area contributed by atoms with Gasteiger partial charge in [-0.2, -0.15) is 0 Å². The van der Waals surface area contributed by atoms with E-state index in [2.05, 4.69) is 12.2 Å². The van der Waals surface area contributed by atoms with Crippen LogP contribution >= 0.6 is 0 Å². The van der Waals surface area contributed by atoms with Gasteiger partial charge in [0.25, 0.3) is 5.91 Å². The topological polar surface area (TPSA) is 38.3 Å². The number of carbonyl (C=O) groups is 1. The highest BCUT2D eigenvalue weighted by atomic mass is 16.5. The Bertz CT molecular complexity index is 700. The molecule has 0 heterocycles. The largest absolute Gasteiger partial charge is 0.497 e. The zero-order chi connectivity index (χ0) is 15.7. The number of rotatable bonds is 4. The number of methoxy groups -OCH3 is 1. The Balaban J connectivity index is 1.78. The summed E-state index contributed by atoms with van der Waals surface area (Å²) in [6.45, 7) is 4.08. The zero-order valence-corrected chi connectivity index (χ0v) is 13.3. The van der Waals surface area contributed by atoms with Crippen LogP contribution in [-0.4, -0.2) is 13.0 Å². The van der Waals surface area contributed by atoms with Gasteiger partial charge >= 0.3 is 0 Å². The molecule has 0 aliphatic heterocycles. The Morgan fingerprint density at radius 2 is 1.73 bits per heavy atom. The van der Waals surface area contributed by atoms with E-state index < -0.39 is 0 Å². The van der Waals surface area contributed by atoms with Crippen molar-refractivity contribution in [1.82, 2.24) is 5.32 Å². The summed E-state index contributed by atoms with van der Waals surface area (Å²) in [5, 5.41) is 3.20. The van der Waals surface area contributed by atoms with Crippen LogP contribution < -0.4 is 10.1 Å². The summed E-state index contributed by atoms with van der Waals surface area (Å²) in [6.07, 6.45) is 1.96. The quantitative estimate of drug-likeness (QED) is 0.933. The van der Waals surface area contributed by atoms with E-state index in [0.717, 1.165) is 35.3 Å². The third kappa shape index (κ3) is 2.71. The maximum Gasteiger partial charge on any atom is 0.251 e. The molecule has 0 radical (unpaired) electrons. The molecular formula is C19H21NO2. The molecule has 1 fully saturated rings. The lowest BCUT2D eigenvalue weighted by Gasteiger charge is -2.19.